The molecule has 1 saturated heterocycles. The highest BCUT2D eigenvalue weighted by molar-refractivity contribution is 5.30. The van der Waals surface area contributed by atoms with Crippen molar-refractivity contribution in [3.8, 4) is 0 Å². The number of hydrogen-bond acceptors (Lipinski definition) is 6. The zero-order valence-corrected chi connectivity index (χ0v) is 12.2. The topological polar surface area (TPSA) is 70.5 Å². The van der Waals surface area contributed by atoms with E-state index in [0.717, 1.165) is 44.4 Å². The maximum Gasteiger partial charge on any atom is 0.225 e. The van der Waals surface area contributed by atoms with Gasteiger partial charge in [-0.25, -0.2) is 9.97 Å². The molecule has 20 heavy (non-hydrogen) atoms. The highest BCUT2D eigenvalue weighted by Gasteiger charge is 2.14. The van der Waals surface area contributed by atoms with Crippen molar-refractivity contribution in [2.24, 2.45) is 5.92 Å². The van der Waals surface area contributed by atoms with Crippen molar-refractivity contribution in [2.45, 2.75) is 26.4 Å². The van der Waals surface area contributed by atoms with Crippen molar-refractivity contribution < 1.29 is 9.84 Å². The number of aliphatic hydroxyl groups excluding tert-OH is 1. The normalized spacial score (nSPS) is 18.9. The molecule has 1 aromatic rings. The second-order valence-corrected chi connectivity index (χ2v) is 5.32. The zero-order chi connectivity index (χ0) is 14.4. The molecule has 6 nitrogen and oxygen atoms in total. The Balaban J connectivity index is 1.85. The zero-order valence-electron chi connectivity index (χ0n) is 12.2. The molecule has 2 rings (SSSR count). The van der Waals surface area contributed by atoms with Gasteiger partial charge >= 0.3 is 0 Å². The van der Waals surface area contributed by atoms with Crippen LogP contribution in [0.1, 0.15) is 19.4 Å². The summed E-state index contributed by atoms with van der Waals surface area (Å²) >= 11 is 0. The molecule has 1 aliphatic rings. The Bertz CT molecular complexity index is 393. The fourth-order valence-electron chi connectivity index (χ4n) is 2.00. The molecule has 0 spiro atoms. The van der Waals surface area contributed by atoms with Crippen molar-refractivity contribution in [1.29, 1.82) is 0 Å². The highest BCUT2D eigenvalue weighted by atomic mass is 16.5. The minimum absolute atomic E-state index is 0.195. The van der Waals surface area contributed by atoms with Crippen LogP contribution in [0, 0.1) is 5.92 Å². The number of anilines is 1. The Hall–Kier alpha value is -1.24. The SMILES string of the molecule is CC(CO)C(C)NCc1cnc(N2CCOCC2)nc1. The molecule has 2 atom stereocenters. The summed E-state index contributed by atoms with van der Waals surface area (Å²) in [7, 11) is 0. The molecular formula is C14H24N4O2. The molecule has 2 unspecified atom stereocenters. The van der Waals surface area contributed by atoms with E-state index in [1.807, 2.05) is 19.3 Å². The van der Waals surface area contributed by atoms with Gasteiger partial charge < -0.3 is 20.1 Å². The number of hydrogen-bond donors (Lipinski definition) is 2. The van der Waals surface area contributed by atoms with E-state index < -0.39 is 0 Å². The lowest BCUT2D eigenvalue weighted by Crippen LogP contribution is -2.37. The van der Waals surface area contributed by atoms with Gasteiger partial charge in [-0.2, -0.15) is 0 Å². The quantitative estimate of drug-likeness (QED) is 0.787. The third-order valence-corrected chi connectivity index (χ3v) is 3.76. The number of aliphatic hydroxyl groups is 1. The number of aromatic nitrogens is 2. The van der Waals surface area contributed by atoms with Crippen LogP contribution in [0.4, 0.5) is 5.95 Å². The van der Waals surface area contributed by atoms with Crippen molar-refractivity contribution in [3.63, 3.8) is 0 Å². The first-order valence-corrected chi connectivity index (χ1v) is 7.18. The van der Waals surface area contributed by atoms with Crippen LogP contribution in [0.2, 0.25) is 0 Å². The van der Waals surface area contributed by atoms with Crippen molar-refractivity contribution in [3.05, 3.63) is 18.0 Å². The van der Waals surface area contributed by atoms with E-state index in [9.17, 15) is 0 Å². The molecule has 0 amide bonds. The molecule has 1 aliphatic heterocycles. The minimum atomic E-state index is 0.195. The predicted molar refractivity (Wildman–Crippen MR) is 77.6 cm³/mol. The average Bonchev–Trinajstić information content (AvgIpc) is 2.53. The third-order valence-electron chi connectivity index (χ3n) is 3.76. The van der Waals surface area contributed by atoms with Crippen molar-refractivity contribution >= 4 is 5.95 Å². The monoisotopic (exact) mass is 280 g/mol. The van der Waals surface area contributed by atoms with Gasteiger partial charge in [-0.1, -0.05) is 6.92 Å². The van der Waals surface area contributed by atoms with Gasteiger partial charge in [0.05, 0.1) is 13.2 Å². The van der Waals surface area contributed by atoms with Crippen LogP contribution < -0.4 is 10.2 Å². The van der Waals surface area contributed by atoms with Crippen LogP contribution in [0.3, 0.4) is 0 Å². The highest BCUT2D eigenvalue weighted by Crippen LogP contribution is 2.09. The summed E-state index contributed by atoms with van der Waals surface area (Å²) in [5.74, 6) is 1.01. The van der Waals surface area contributed by atoms with E-state index in [4.69, 9.17) is 9.84 Å². The molecule has 0 bridgehead atoms. The van der Waals surface area contributed by atoms with E-state index >= 15 is 0 Å². The number of nitrogens with one attached hydrogen (secondary N) is 1. The van der Waals surface area contributed by atoms with E-state index in [2.05, 4.69) is 27.1 Å². The van der Waals surface area contributed by atoms with E-state index in [1.165, 1.54) is 0 Å². The van der Waals surface area contributed by atoms with Crippen LogP contribution in [0.25, 0.3) is 0 Å². The second-order valence-electron chi connectivity index (χ2n) is 5.32. The van der Waals surface area contributed by atoms with E-state index in [1.54, 1.807) is 0 Å². The summed E-state index contributed by atoms with van der Waals surface area (Å²) in [6.07, 6.45) is 3.72. The Morgan fingerprint density at radius 3 is 2.55 bits per heavy atom. The Morgan fingerprint density at radius 2 is 1.95 bits per heavy atom. The van der Waals surface area contributed by atoms with Gasteiger partial charge in [0.25, 0.3) is 0 Å². The molecule has 1 fully saturated rings. The van der Waals surface area contributed by atoms with Gasteiger partial charge in [0, 0.05) is 50.2 Å². The number of ether oxygens (including phenoxy) is 1. The summed E-state index contributed by atoms with van der Waals surface area (Å²) in [6, 6.07) is 0.263. The molecule has 0 saturated carbocycles. The van der Waals surface area contributed by atoms with Gasteiger partial charge in [0.1, 0.15) is 0 Å². The minimum Gasteiger partial charge on any atom is -0.396 e. The van der Waals surface area contributed by atoms with Gasteiger partial charge in [0.2, 0.25) is 5.95 Å². The van der Waals surface area contributed by atoms with Crippen LogP contribution >= 0.6 is 0 Å². The average molecular weight is 280 g/mol. The molecule has 1 aromatic heterocycles. The van der Waals surface area contributed by atoms with Gasteiger partial charge in [-0.15, -0.1) is 0 Å². The summed E-state index contributed by atoms with van der Waals surface area (Å²) in [4.78, 5) is 11.0. The Kier molecular flexibility index (Phi) is 5.70. The first-order valence-electron chi connectivity index (χ1n) is 7.18. The second kappa shape index (κ2) is 7.52. The summed E-state index contributed by atoms with van der Waals surface area (Å²) in [6.45, 7) is 8.19. The Labute approximate surface area is 120 Å². The van der Waals surface area contributed by atoms with Gasteiger partial charge in [0.15, 0.2) is 0 Å². The summed E-state index contributed by atoms with van der Waals surface area (Å²) in [5, 5.41) is 12.5. The maximum absolute atomic E-state index is 9.10. The lowest BCUT2D eigenvalue weighted by molar-refractivity contribution is 0.122. The standard InChI is InChI=1S/C14H24N4O2/c1-11(10-19)12(2)15-7-13-8-16-14(17-9-13)18-3-5-20-6-4-18/h8-9,11-12,15,19H,3-7,10H2,1-2H3. The summed E-state index contributed by atoms with van der Waals surface area (Å²) in [5.41, 5.74) is 1.05. The predicted octanol–water partition coefficient (Wildman–Crippen LogP) is 0.420. The summed E-state index contributed by atoms with van der Waals surface area (Å²) < 4.78 is 5.32. The van der Waals surface area contributed by atoms with E-state index in [-0.39, 0.29) is 18.6 Å². The molecule has 112 valence electrons. The van der Waals surface area contributed by atoms with Crippen LogP contribution in [-0.2, 0) is 11.3 Å². The fraction of sp³-hybridized carbons (Fsp3) is 0.714. The molecule has 2 N–H and O–H groups in total. The van der Waals surface area contributed by atoms with E-state index in [0.29, 0.717) is 0 Å². The first kappa shape index (κ1) is 15.2. The maximum atomic E-state index is 9.10. The van der Waals surface area contributed by atoms with Gasteiger partial charge in [-0.05, 0) is 12.8 Å². The Morgan fingerprint density at radius 1 is 1.30 bits per heavy atom. The van der Waals surface area contributed by atoms with Crippen LogP contribution in [0.5, 0.6) is 0 Å². The lowest BCUT2D eigenvalue weighted by atomic mass is 10.1. The molecule has 0 aromatic carbocycles. The molecule has 0 aliphatic carbocycles. The lowest BCUT2D eigenvalue weighted by Gasteiger charge is -2.26. The molecule has 0 radical (unpaired) electrons. The largest absolute Gasteiger partial charge is 0.396 e. The molecule has 6 heteroatoms. The number of nitrogens with zero attached hydrogens (tertiary/aromatic N) is 3. The molecule has 2 heterocycles. The van der Waals surface area contributed by atoms with Gasteiger partial charge in [-0.3, -0.25) is 0 Å². The molecular weight excluding hydrogens is 256 g/mol. The van der Waals surface area contributed by atoms with Crippen LogP contribution in [-0.4, -0.2) is 54.0 Å². The van der Waals surface area contributed by atoms with Crippen molar-refractivity contribution in [2.75, 3.05) is 37.8 Å². The van der Waals surface area contributed by atoms with Crippen molar-refractivity contribution in [1.82, 2.24) is 15.3 Å². The first-order chi connectivity index (χ1) is 9.70. The third kappa shape index (κ3) is 4.13. The van der Waals surface area contributed by atoms with Crippen LogP contribution in [0.15, 0.2) is 12.4 Å². The fourth-order valence-corrected chi connectivity index (χ4v) is 2.00. The number of rotatable bonds is 6. The smallest absolute Gasteiger partial charge is 0.225 e. The number of morpholine rings is 1.